The van der Waals surface area contributed by atoms with Crippen LogP contribution in [0.15, 0.2) is 48.7 Å². The highest BCUT2D eigenvalue weighted by Gasteiger charge is 2.60. The zero-order chi connectivity index (χ0) is 21.5. The van der Waals surface area contributed by atoms with Crippen LogP contribution in [0.5, 0.6) is 0 Å². The van der Waals surface area contributed by atoms with E-state index in [1.165, 1.54) is 0 Å². The quantitative estimate of drug-likeness (QED) is 0.748. The summed E-state index contributed by atoms with van der Waals surface area (Å²) in [7, 11) is 0. The highest BCUT2D eigenvalue weighted by Crippen LogP contribution is 2.60. The molecular weight excluding hydrogens is 410 g/mol. The molecule has 2 saturated carbocycles. The fourth-order valence-electron chi connectivity index (χ4n) is 5.23. The van der Waals surface area contributed by atoms with E-state index < -0.39 is 0 Å². The van der Waals surface area contributed by atoms with E-state index in [0.29, 0.717) is 11.6 Å². The van der Waals surface area contributed by atoms with Crippen LogP contribution in [0.1, 0.15) is 43.4 Å². The molecule has 162 valence electrons. The Balaban J connectivity index is 1.12. The van der Waals surface area contributed by atoms with Crippen molar-refractivity contribution in [2.45, 2.75) is 43.9 Å². The van der Waals surface area contributed by atoms with Crippen LogP contribution in [0, 0.1) is 11.3 Å². The van der Waals surface area contributed by atoms with E-state index in [9.17, 15) is 9.59 Å². The lowest BCUT2D eigenvalue weighted by Gasteiger charge is -2.35. The summed E-state index contributed by atoms with van der Waals surface area (Å²) >= 11 is 6.02. The Morgan fingerprint density at radius 2 is 1.81 bits per heavy atom. The first-order valence-electron chi connectivity index (χ1n) is 11.3. The molecule has 1 atom stereocenters. The van der Waals surface area contributed by atoms with Gasteiger partial charge in [-0.2, -0.15) is 0 Å². The fraction of sp³-hybridized carbons (Fsp3) is 0.480. The van der Waals surface area contributed by atoms with Crippen molar-refractivity contribution in [3.63, 3.8) is 0 Å². The number of carbonyl (C=O) groups excluding carboxylic acids is 2. The predicted molar refractivity (Wildman–Crippen MR) is 120 cm³/mol. The number of rotatable bonds is 6. The van der Waals surface area contributed by atoms with E-state index in [0.717, 1.165) is 62.9 Å². The topological polar surface area (TPSA) is 62.3 Å². The van der Waals surface area contributed by atoms with Gasteiger partial charge in [0, 0.05) is 48.9 Å². The van der Waals surface area contributed by atoms with E-state index >= 15 is 0 Å². The molecule has 1 spiro atoms. The monoisotopic (exact) mass is 437 g/mol. The minimum atomic E-state index is -0.346. The molecule has 0 radical (unpaired) electrons. The van der Waals surface area contributed by atoms with Crippen LogP contribution in [0.2, 0.25) is 5.02 Å². The van der Waals surface area contributed by atoms with E-state index in [2.05, 4.69) is 10.3 Å². The number of hydrogen-bond acceptors (Lipinski definition) is 3. The molecular formula is C25H28ClN3O2. The minimum absolute atomic E-state index is 0.0969. The Morgan fingerprint density at radius 1 is 1.06 bits per heavy atom. The zero-order valence-corrected chi connectivity index (χ0v) is 18.4. The molecule has 1 aromatic heterocycles. The maximum absolute atomic E-state index is 13.3. The highest BCUT2D eigenvalue weighted by atomic mass is 35.5. The Kier molecular flexibility index (Phi) is 5.25. The number of hydrogen-bond donors (Lipinski definition) is 1. The maximum Gasteiger partial charge on any atom is 0.233 e. The van der Waals surface area contributed by atoms with Gasteiger partial charge in [0.1, 0.15) is 0 Å². The van der Waals surface area contributed by atoms with Crippen molar-refractivity contribution in [2.75, 3.05) is 19.6 Å². The van der Waals surface area contributed by atoms with Crippen LogP contribution in [-0.2, 0) is 21.4 Å². The molecule has 3 fully saturated rings. The molecule has 0 bridgehead atoms. The van der Waals surface area contributed by atoms with Crippen molar-refractivity contribution in [2.24, 2.45) is 11.3 Å². The first kappa shape index (κ1) is 20.5. The summed E-state index contributed by atoms with van der Waals surface area (Å²) in [4.78, 5) is 32.3. The van der Waals surface area contributed by atoms with Crippen LogP contribution in [0.3, 0.4) is 0 Å². The van der Waals surface area contributed by atoms with E-state index in [4.69, 9.17) is 11.6 Å². The fourth-order valence-corrected chi connectivity index (χ4v) is 5.36. The molecule has 2 amide bonds. The third-order valence-electron chi connectivity index (χ3n) is 7.52. The third-order valence-corrected chi connectivity index (χ3v) is 7.77. The number of piperidine rings is 1. The average Bonchev–Trinajstić information content (AvgIpc) is 3.71. The predicted octanol–water partition coefficient (Wildman–Crippen LogP) is 3.75. The number of nitrogens with one attached hydrogen (secondary N) is 1. The second-order valence-electron chi connectivity index (χ2n) is 9.36. The molecule has 5 rings (SSSR count). The van der Waals surface area contributed by atoms with Crippen LogP contribution < -0.4 is 5.32 Å². The number of amides is 2. The summed E-state index contributed by atoms with van der Waals surface area (Å²) in [5.74, 6) is 0.511. The van der Waals surface area contributed by atoms with Gasteiger partial charge in [-0.15, -0.1) is 0 Å². The van der Waals surface area contributed by atoms with Gasteiger partial charge >= 0.3 is 0 Å². The number of nitrogens with zero attached hydrogens (tertiary/aromatic N) is 2. The van der Waals surface area contributed by atoms with Crippen molar-refractivity contribution >= 4 is 23.4 Å². The van der Waals surface area contributed by atoms with Gasteiger partial charge in [0.2, 0.25) is 11.8 Å². The van der Waals surface area contributed by atoms with E-state index in [-0.39, 0.29) is 28.6 Å². The lowest BCUT2D eigenvalue weighted by atomic mass is 9.88. The van der Waals surface area contributed by atoms with Crippen molar-refractivity contribution < 1.29 is 9.59 Å². The molecule has 2 aliphatic carbocycles. The zero-order valence-electron chi connectivity index (χ0n) is 17.6. The number of pyridine rings is 1. The Hall–Kier alpha value is -2.40. The van der Waals surface area contributed by atoms with Gasteiger partial charge in [-0.1, -0.05) is 29.8 Å². The summed E-state index contributed by atoms with van der Waals surface area (Å²) in [5.41, 5.74) is 1.83. The number of aromatic nitrogens is 1. The molecule has 1 aromatic carbocycles. The Morgan fingerprint density at radius 3 is 2.45 bits per heavy atom. The molecule has 1 aliphatic heterocycles. The molecule has 5 nitrogen and oxygen atoms in total. The van der Waals surface area contributed by atoms with Crippen molar-refractivity contribution in [1.29, 1.82) is 0 Å². The lowest BCUT2D eigenvalue weighted by Crippen LogP contribution is -2.45. The summed E-state index contributed by atoms with van der Waals surface area (Å²) in [6.07, 6.45) is 7.16. The van der Waals surface area contributed by atoms with Crippen molar-refractivity contribution in [3.05, 3.63) is 64.9 Å². The summed E-state index contributed by atoms with van der Waals surface area (Å²) < 4.78 is 0. The van der Waals surface area contributed by atoms with Crippen LogP contribution in [0.4, 0.5) is 0 Å². The number of likely N-dealkylation sites (tertiary alicyclic amines) is 1. The Bertz CT molecular complexity index is 964. The van der Waals surface area contributed by atoms with Gasteiger partial charge in [0.25, 0.3) is 0 Å². The minimum Gasteiger partial charge on any atom is -0.355 e. The van der Waals surface area contributed by atoms with Gasteiger partial charge in [-0.05, 0) is 67.3 Å². The molecule has 2 heterocycles. The van der Waals surface area contributed by atoms with Crippen molar-refractivity contribution in [1.82, 2.24) is 15.2 Å². The van der Waals surface area contributed by atoms with Crippen molar-refractivity contribution in [3.8, 4) is 0 Å². The maximum atomic E-state index is 13.3. The first-order valence-corrected chi connectivity index (χ1v) is 11.6. The smallest absolute Gasteiger partial charge is 0.233 e. The second kappa shape index (κ2) is 7.94. The molecule has 6 heteroatoms. The average molecular weight is 438 g/mol. The largest absolute Gasteiger partial charge is 0.355 e. The molecule has 1 saturated heterocycles. The normalized spacial score (nSPS) is 22.7. The van der Waals surface area contributed by atoms with Crippen LogP contribution in [-0.4, -0.2) is 41.3 Å². The summed E-state index contributed by atoms with van der Waals surface area (Å²) in [6.45, 7) is 2.13. The van der Waals surface area contributed by atoms with Gasteiger partial charge < -0.3 is 10.2 Å². The standard InChI is InChI=1S/C25H28ClN3O2/c26-19-6-4-18(5-7-19)25(9-10-25)23(31)29-15-11-24(12-16-29)17-21(24)22(30)28-14-8-20-3-1-2-13-27-20/h1-7,13,21H,8-12,14-17H2,(H,28,30)/t21-/m0/s1. The van der Waals surface area contributed by atoms with Crippen LogP contribution >= 0.6 is 11.6 Å². The highest BCUT2D eigenvalue weighted by molar-refractivity contribution is 6.30. The summed E-state index contributed by atoms with van der Waals surface area (Å²) in [6, 6.07) is 13.6. The van der Waals surface area contributed by atoms with Gasteiger partial charge in [0.05, 0.1) is 5.41 Å². The van der Waals surface area contributed by atoms with E-state index in [1.54, 1.807) is 6.20 Å². The lowest BCUT2D eigenvalue weighted by molar-refractivity contribution is -0.135. The Labute approximate surface area is 188 Å². The van der Waals surface area contributed by atoms with Crippen LogP contribution in [0.25, 0.3) is 0 Å². The van der Waals surface area contributed by atoms with Gasteiger partial charge in [0.15, 0.2) is 0 Å². The molecule has 2 aromatic rings. The molecule has 1 N–H and O–H groups in total. The third kappa shape index (κ3) is 3.96. The summed E-state index contributed by atoms with van der Waals surface area (Å²) in [5, 5.41) is 3.79. The number of benzene rings is 1. The van der Waals surface area contributed by atoms with Gasteiger partial charge in [-0.25, -0.2) is 0 Å². The van der Waals surface area contributed by atoms with Gasteiger partial charge in [-0.3, -0.25) is 14.6 Å². The SMILES string of the molecule is O=C(NCCc1ccccn1)[C@@H]1CC12CCN(C(=O)C1(c3ccc(Cl)cc3)CC1)CC2. The first-order chi connectivity index (χ1) is 15.0. The van der Waals surface area contributed by atoms with E-state index in [1.807, 2.05) is 47.4 Å². The molecule has 0 unspecified atom stereocenters. The molecule has 31 heavy (non-hydrogen) atoms. The molecule has 3 aliphatic rings. The second-order valence-corrected chi connectivity index (χ2v) is 9.80. The number of carbonyl (C=O) groups is 2. The number of halogens is 1.